The Morgan fingerprint density at radius 3 is 2.63 bits per heavy atom. The molecule has 1 atom stereocenters. The van der Waals surface area contributed by atoms with Crippen LogP contribution in [0.1, 0.15) is 18.1 Å². The van der Waals surface area contributed by atoms with Crippen LogP contribution in [0.5, 0.6) is 5.75 Å². The molecule has 0 radical (unpaired) electrons. The molecule has 0 saturated carbocycles. The van der Waals surface area contributed by atoms with Crippen LogP contribution in [0.15, 0.2) is 71.4 Å². The van der Waals surface area contributed by atoms with Gasteiger partial charge in [0.1, 0.15) is 11.4 Å². The van der Waals surface area contributed by atoms with Gasteiger partial charge in [-0.25, -0.2) is 4.99 Å². The van der Waals surface area contributed by atoms with Gasteiger partial charge in [-0.3, -0.25) is 4.79 Å². The van der Waals surface area contributed by atoms with E-state index in [4.69, 9.17) is 9.47 Å². The summed E-state index contributed by atoms with van der Waals surface area (Å²) in [5.41, 5.74) is 3.34. The molecule has 0 aliphatic carbocycles. The lowest BCUT2D eigenvalue weighted by Gasteiger charge is -2.21. The second-order valence-electron chi connectivity index (χ2n) is 6.51. The van der Waals surface area contributed by atoms with E-state index in [1.54, 1.807) is 0 Å². The fourth-order valence-electron chi connectivity index (χ4n) is 3.37. The van der Waals surface area contributed by atoms with E-state index in [1.165, 1.54) is 6.92 Å². The molecule has 2 aliphatic heterocycles. The smallest absolute Gasteiger partial charge is 0.286 e. The van der Waals surface area contributed by atoms with Crippen molar-refractivity contribution in [2.45, 2.75) is 13.2 Å². The van der Waals surface area contributed by atoms with Crippen molar-refractivity contribution < 1.29 is 14.3 Å². The Hall–Kier alpha value is -3.60. The Labute approximate surface area is 155 Å². The first-order valence-corrected chi connectivity index (χ1v) is 8.71. The van der Waals surface area contributed by atoms with Gasteiger partial charge in [-0.05, 0) is 47.2 Å². The predicted molar refractivity (Wildman–Crippen MR) is 105 cm³/mol. The average Bonchev–Trinajstić information content (AvgIpc) is 3.09. The third-order valence-corrected chi connectivity index (χ3v) is 4.60. The first kappa shape index (κ1) is 15.6. The van der Waals surface area contributed by atoms with Crippen molar-refractivity contribution in [1.82, 2.24) is 0 Å². The monoisotopic (exact) mass is 356 g/mol. The highest BCUT2D eigenvalue weighted by atomic mass is 16.7. The van der Waals surface area contributed by atoms with E-state index in [0.29, 0.717) is 5.90 Å². The number of hydrogen-bond donors (Lipinski definition) is 1. The zero-order chi connectivity index (χ0) is 18.4. The van der Waals surface area contributed by atoms with Crippen LogP contribution < -0.4 is 10.1 Å². The number of hydrogen-bond acceptors (Lipinski definition) is 4. The molecule has 3 aromatic rings. The molecular weight excluding hydrogens is 340 g/mol. The van der Waals surface area contributed by atoms with E-state index in [9.17, 15) is 4.79 Å². The summed E-state index contributed by atoms with van der Waals surface area (Å²) in [6.07, 6.45) is 1.49. The van der Waals surface area contributed by atoms with Crippen LogP contribution in [0.3, 0.4) is 0 Å². The quantitative estimate of drug-likeness (QED) is 0.743. The lowest BCUT2D eigenvalue weighted by molar-refractivity contribution is -0.114. The summed E-state index contributed by atoms with van der Waals surface area (Å²) < 4.78 is 11.9. The lowest BCUT2D eigenvalue weighted by Crippen LogP contribution is -2.22. The maximum absolute atomic E-state index is 11.1. The van der Waals surface area contributed by atoms with Gasteiger partial charge in [0.05, 0.1) is 0 Å². The van der Waals surface area contributed by atoms with Crippen molar-refractivity contribution in [2.75, 3.05) is 5.32 Å². The fraction of sp³-hybridized carbons (Fsp3) is 0.0909. The summed E-state index contributed by atoms with van der Waals surface area (Å²) >= 11 is 0. The number of rotatable bonds is 2. The van der Waals surface area contributed by atoms with E-state index in [-0.39, 0.29) is 5.91 Å². The van der Waals surface area contributed by atoms with Crippen molar-refractivity contribution in [3.63, 3.8) is 0 Å². The number of carbonyl (C=O) groups excluding carboxylic acids is 1. The highest BCUT2D eigenvalue weighted by Gasteiger charge is 2.32. The van der Waals surface area contributed by atoms with Crippen LogP contribution in [-0.2, 0) is 9.53 Å². The summed E-state index contributed by atoms with van der Waals surface area (Å²) in [5.74, 6) is 1.20. The molecule has 27 heavy (non-hydrogen) atoms. The second-order valence-corrected chi connectivity index (χ2v) is 6.51. The lowest BCUT2D eigenvalue weighted by atomic mass is 10.0. The molecule has 3 aromatic carbocycles. The topological polar surface area (TPSA) is 59.9 Å². The van der Waals surface area contributed by atoms with Crippen LogP contribution in [0.4, 0.5) is 5.69 Å². The minimum absolute atomic E-state index is 0.105. The maximum atomic E-state index is 11.1. The molecule has 0 spiro atoms. The van der Waals surface area contributed by atoms with E-state index in [2.05, 4.69) is 22.4 Å². The maximum Gasteiger partial charge on any atom is 0.286 e. The Bertz CT molecular complexity index is 1130. The molecule has 5 rings (SSSR count). The third-order valence-electron chi connectivity index (χ3n) is 4.60. The number of anilines is 1. The van der Waals surface area contributed by atoms with Gasteiger partial charge in [0.15, 0.2) is 0 Å². The molecule has 0 saturated heterocycles. The molecular formula is C22H16N2O3. The molecule has 0 bridgehead atoms. The number of amides is 1. The number of carbonyl (C=O) groups is 1. The molecule has 0 fully saturated rings. The van der Waals surface area contributed by atoms with Crippen molar-refractivity contribution in [3.8, 4) is 5.75 Å². The van der Waals surface area contributed by atoms with E-state index >= 15 is 0 Å². The van der Waals surface area contributed by atoms with Crippen molar-refractivity contribution in [2.24, 2.45) is 4.99 Å². The minimum Gasteiger partial charge on any atom is -0.448 e. The standard InChI is InChI=1S/C22H16N2O3/c1-13(25)23-16-9-6-15(7-10-16)21-24-19-12-18-17-5-3-2-4-14(17)8-11-20(18)26-22(19)27-21/h2-12,22H,1H3,(H,23,25). The first-order chi connectivity index (χ1) is 13.2. The van der Waals surface area contributed by atoms with Crippen LogP contribution in [0, 0.1) is 0 Å². The molecule has 5 nitrogen and oxygen atoms in total. The Morgan fingerprint density at radius 2 is 1.81 bits per heavy atom. The van der Waals surface area contributed by atoms with Crippen LogP contribution in [0.25, 0.3) is 16.8 Å². The number of aliphatic imine (C=N–C) groups is 1. The van der Waals surface area contributed by atoms with Gasteiger partial charge in [0.2, 0.25) is 11.8 Å². The Kier molecular flexibility index (Phi) is 3.47. The van der Waals surface area contributed by atoms with Crippen LogP contribution >= 0.6 is 0 Å². The summed E-state index contributed by atoms with van der Waals surface area (Å²) in [6, 6.07) is 19.6. The van der Waals surface area contributed by atoms with Crippen molar-refractivity contribution >= 4 is 34.3 Å². The first-order valence-electron chi connectivity index (χ1n) is 8.71. The number of nitrogens with zero attached hydrogens (tertiary/aromatic N) is 1. The second kappa shape index (κ2) is 5.99. The molecule has 1 N–H and O–H groups in total. The van der Waals surface area contributed by atoms with Gasteiger partial charge in [-0.15, -0.1) is 0 Å². The number of fused-ring (bicyclic) bond motifs is 4. The summed E-state index contributed by atoms with van der Waals surface area (Å²) in [5, 5.41) is 5.03. The zero-order valence-electron chi connectivity index (χ0n) is 14.6. The molecule has 1 unspecified atom stereocenters. The van der Waals surface area contributed by atoms with E-state index in [1.807, 2.05) is 54.6 Å². The molecule has 0 aromatic heterocycles. The largest absolute Gasteiger partial charge is 0.448 e. The fourth-order valence-corrected chi connectivity index (χ4v) is 3.37. The zero-order valence-corrected chi connectivity index (χ0v) is 14.6. The van der Waals surface area contributed by atoms with Crippen molar-refractivity contribution in [1.29, 1.82) is 0 Å². The molecule has 1 amide bonds. The Balaban J connectivity index is 1.50. The van der Waals surface area contributed by atoms with Crippen LogP contribution in [-0.4, -0.2) is 18.1 Å². The van der Waals surface area contributed by atoms with Gasteiger partial charge in [-0.1, -0.05) is 30.3 Å². The Morgan fingerprint density at radius 1 is 1.00 bits per heavy atom. The molecule has 2 aliphatic rings. The summed E-state index contributed by atoms with van der Waals surface area (Å²) in [4.78, 5) is 15.8. The summed E-state index contributed by atoms with van der Waals surface area (Å²) in [7, 11) is 0. The number of nitrogens with one attached hydrogen (secondary N) is 1. The van der Waals surface area contributed by atoms with Gasteiger partial charge >= 0.3 is 0 Å². The highest BCUT2D eigenvalue weighted by molar-refractivity contribution is 5.99. The molecule has 2 heterocycles. The van der Waals surface area contributed by atoms with Gasteiger partial charge in [-0.2, -0.15) is 0 Å². The minimum atomic E-state index is -0.538. The SMILES string of the molecule is CC(=O)Nc1ccc(C2=NC3=Cc4c(ccc5ccccc45)OC3O2)cc1. The number of benzene rings is 3. The molecule has 5 heteroatoms. The van der Waals surface area contributed by atoms with E-state index in [0.717, 1.165) is 39.0 Å². The van der Waals surface area contributed by atoms with Crippen molar-refractivity contribution in [3.05, 3.63) is 77.5 Å². The number of ether oxygens (including phenoxy) is 2. The van der Waals surface area contributed by atoms with Gasteiger partial charge < -0.3 is 14.8 Å². The normalized spacial score (nSPS) is 17.1. The van der Waals surface area contributed by atoms with E-state index < -0.39 is 6.29 Å². The predicted octanol–water partition coefficient (Wildman–Crippen LogP) is 4.33. The summed E-state index contributed by atoms with van der Waals surface area (Å²) in [6.45, 7) is 1.48. The van der Waals surface area contributed by atoms with Gasteiger partial charge in [0, 0.05) is 23.7 Å². The third kappa shape index (κ3) is 2.73. The van der Waals surface area contributed by atoms with Crippen LogP contribution in [0.2, 0.25) is 0 Å². The molecule has 132 valence electrons. The van der Waals surface area contributed by atoms with Gasteiger partial charge in [0.25, 0.3) is 6.29 Å². The average molecular weight is 356 g/mol. The highest BCUT2D eigenvalue weighted by Crippen LogP contribution is 2.38.